The van der Waals surface area contributed by atoms with Gasteiger partial charge in [-0.3, -0.25) is 4.90 Å². The molecule has 2 fully saturated rings. The summed E-state index contributed by atoms with van der Waals surface area (Å²) in [5.41, 5.74) is 2.39. The van der Waals surface area contributed by atoms with Crippen LogP contribution in [-0.2, 0) is 13.5 Å². The number of aromatic nitrogens is 2. The first kappa shape index (κ1) is 17.2. The van der Waals surface area contributed by atoms with Crippen LogP contribution >= 0.6 is 0 Å². The van der Waals surface area contributed by atoms with Crippen molar-refractivity contribution in [1.29, 1.82) is 0 Å². The lowest BCUT2D eigenvalue weighted by Gasteiger charge is -2.38. The summed E-state index contributed by atoms with van der Waals surface area (Å²) in [4.78, 5) is 10.3. The molecule has 5 rings (SSSR count). The molecule has 1 saturated heterocycles. The molecule has 0 bridgehead atoms. The van der Waals surface area contributed by atoms with Gasteiger partial charge in [0, 0.05) is 57.6 Å². The third kappa shape index (κ3) is 3.26. The van der Waals surface area contributed by atoms with Gasteiger partial charge in [0.2, 0.25) is 0 Å². The minimum Gasteiger partial charge on any atom is -0.331 e. The highest BCUT2D eigenvalue weighted by Gasteiger charge is 2.26. The number of piperazine rings is 1. The van der Waals surface area contributed by atoms with E-state index in [1.165, 1.54) is 74.0 Å². The first-order chi connectivity index (χ1) is 13.3. The van der Waals surface area contributed by atoms with Crippen LogP contribution in [0, 0.1) is 0 Å². The van der Waals surface area contributed by atoms with E-state index in [1.54, 1.807) is 0 Å². The number of hydrogen-bond acceptors (Lipinski definition) is 3. The smallest absolute Gasteiger partial charge is 0.110 e. The van der Waals surface area contributed by atoms with E-state index in [4.69, 9.17) is 4.98 Å². The van der Waals surface area contributed by atoms with Crippen LogP contribution in [-0.4, -0.2) is 58.1 Å². The Kier molecular flexibility index (Phi) is 4.62. The fourth-order valence-electron chi connectivity index (χ4n) is 5.13. The Morgan fingerprint density at radius 3 is 2.56 bits per heavy atom. The second-order valence-corrected chi connectivity index (χ2v) is 8.31. The Morgan fingerprint density at radius 2 is 1.74 bits per heavy atom. The van der Waals surface area contributed by atoms with Crippen molar-refractivity contribution in [3.63, 3.8) is 0 Å². The number of imidazole rings is 1. The van der Waals surface area contributed by atoms with Gasteiger partial charge in [0.05, 0.1) is 11.0 Å². The summed E-state index contributed by atoms with van der Waals surface area (Å²) < 4.78 is 2.31. The van der Waals surface area contributed by atoms with Gasteiger partial charge < -0.3 is 9.47 Å². The summed E-state index contributed by atoms with van der Waals surface area (Å²) in [6.45, 7) is 6.04. The van der Waals surface area contributed by atoms with Crippen molar-refractivity contribution in [1.82, 2.24) is 19.4 Å². The van der Waals surface area contributed by atoms with Gasteiger partial charge in [-0.25, -0.2) is 4.98 Å². The molecule has 4 heteroatoms. The van der Waals surface area contributed by atoms with E-state index in [9.17, 15) is 0 Å². The van der Waals surface area contributed by atoms with Crippen molar-refractivity contribution >= 4 is 21.8 Å². The average molecular weight is 363 g/mol. The fourth-order valence-corrected chi connectivity index (χ4v) is 5.13. The molecule has 27 heavy (non-hydrogen) atoms. The maximum atomic E-state index is 4.95. The van der Waals surface area contributed by atoms with E-state index in [2.05, 4.69) is 57.8 Å². The molecule has 3 aromatic rings. The van der Waals surface area contributed by atoms with Crippen LogP contribution in [0.1, 0.15) is 31.5 Å². The number of hydrogen-bond donors (Lipinski definition) is 0. The van der Waals surface area contributed by atoms with Crippen LogP contribution < -0.4 is 0 Å². The summed E-state index contributed by atoms with van der Waals surface area (Å²) in [5, 5.41) is 2.60. The molecule has 0 spiro atoms. The van der Waals surface area contributed by atoms with Crippen LogP contribution in [0.15, 0.2) is 36.4 Å². The summed E-state index contributed by atoms with van der Waals surface area (Å²) in [5.74, 6) is 1.21. The highest BCUT2D eigenvalue weighted by molar-refractivity contribution is 6.04. The molecular weight excluding hydrogens is 332 g/mol. The SMILES string of the molecule is Cn1c(CCN2CCN(C3CCCC3)CC2)nc2ccc3ccccc3c21. The number of rotatable bonds is 4. The topological polar surface area (TPSA) is 24.3 Å². The lowest BCUT2D eigenvalue weighted by Crippen LogP contribution is -2.50. The molecule has 0 radical (unpaired) electrons. The van der Waals surface area contributed by atoms with E-state index >= 15 is 0 Å². The zero-order chi connectivity index (χ0) is 18.2. The van der Waals surface area contributed by atoms with Gasteiger partial charge in [-0.2, -0.15) is 0 Å². The minimum atomic E-state index is 0.875. The molecule has 0 amide bonds. The van der Waals surface area contributed by atoms with E-state index in [-0.39, 0.29) is 0 Å². The van der Waals surface area contributed by atoms with E-state index in [0.717, 1.165) is 24.5 Å². The van der Waals surface area contributed by atoms with E-state index in [0.29, 0.717) is 0 Å². The first-order valence-corrected chi connectivity index (χ1v) is 10.6. The third-order valence-corrected chi connectivity index (χ3v) is 6.75. The maximum absolute atomic E-state index is 4.95. The normalized spacial score (nSPS) is 20.2. The van der Waals surface area contributed by atoms with Gasteiger partial charge in [0.15, 0.2) is 0 Å². The maximum Gasteiger partial charge on any atom is 0.110 e. The predicted molar refractivity (Wildman–Crippen MR) is 112 cm³/mol. The monoisotopic (exact) mass is 362 g/mol. The number of aryl methyl sites for hydroxylation is 1. The molecule has 2 heterocycles. The number of fused-ring (bicyclic) bond motifs is 3. The molecule has 1 aliphatic carbocycles. The Bertz CT molecular complexity index is 930. The highest BCUT2D eigenvalue weighted by Crippen LogP contribution is 2.26. The first-order valence-electron chi connectivity index (χ1n) is 10.6. The molecule has 0 atom stereocenters. The number of nitrogens with zero attached hydrogens (tertiary/aromatic N) is 4. The molecule has 2 aromatic carbocycles. The Labute approximate surface area is 161 Å². The number of benzene rings is 2. The van der Waals surface area contributed by atoms with Crippen molar-refractivity contribution in [3.05, 3.63) is 42.2 Å². The van der Waals surface area contributed by atoms with Crippen molar-refractivity contribution < 1.29 is 0 Å². The Hall–Kier alpha value is -1.91. The van der Waals surface area contributed by atoms with Crippen LogP contribution in [0.2, 0.25) is 0 Å². The lowest BCUT2D eigenvalue weighted by molar-refractivity contribution is 0.0982. The predicted octanol–water partition coefficient (Wildman–Crippen LogP) is 3.83. The zero-order valence-electron chi connectivity index (χ0n) is 16.4. The van der Waals surface area contributed by atoms with Crippen LogP contribution in [0.4, 0.5) is 0 Å². The molecule has 1 aromatic heterocycles. The van der Waals surface area contributed by atoms with Gasteiger partial charge >= 0.3 is 0 Å². The van der Waals surface area contributed by atoms with Gasteiger partial charge in [-0.1, -0.05) is 43.2 Å². The summed E-state index contributed by atoms with van der Waals surface area (Å²) in [6.07, 6.45) is 6.75. The largest absolute Gasteiger partial charge is 0.331 e. The van der Waals surface area contributed by atoms with Gasteiger partial charge in [0.25, 0.3) is 0 Å². The standard InChI is InChI=1S/C23H30N4/c1-25-22(24-21-11-10-18-6-2-5-9-20(18)23(21)25)12-13-26-14-16-27(17-15-26)19-7-3-4-8-19/h2,5-6,9-11,19H,3-4,7-8,12-17H2,1H3. The Morgan fingerprint density at radius 1 is 0.963 bits per heavy atom. The second kappa shape index (κ2) is 7.25. The third-order valence-electron chi connectivity index (χ3n) is 6.75. The molecule has 0 unspecified atom stereocenters. The van der Waals surface area contributed by atoms with Crippen LogP contribution in [0.3, 0.4) is 0 Å². The molecule has 0 N–H and O–H groups in total. The minimum absolute atomic E-state index is 0.875. The molecule has 142 valence electrons. The van der Waals surface area contributed by atoms with Crippen LogP contribution in [0.25, 0.3) is 21.8 Å². The quantitative estimate of drug-likeness (QED) is 0.705. The molecular formula is C23H30N4. The average Bonchev–Trinajstić information content (AvgIpc) is 3.35. The second-order valence-electron chi connectivity index (χ2n) is 8.31. The van der Waals surface area contributed by atoms with Gasteiger partial charge in [-0.05, 0) is 24.3 Å². The fraction of sp³-hybridized carbons (Fsp3) is 0.522. The Balaban J connectivity index is 1.27. The summed E-state index contributed by atoms with van der Waals surface area (Å²) >= 11 is 0. The van der Waals surface area contributed by atoms with E-state index < -0.39 is 0 Å². The summed E-state index contributed by atoms with van der Waals surface area (Å²) in [7, 11) is 2.18. The molecule has 1 aliphatic heterocycles. The molecule has 4 nitrogen and oxygen atoms in total. The van der Waals surface area contributed by atoms with Crippen molar-refractivity contribution in [2.24, 2.45) is 7.05 Å². The van der Waals surface area contributed by atoms with E-state index in [1.807, 2.05) is 0 Å². The van der Waals surface area contributed by atoms with Crippen molar-refractivity contribution in [3.8, 4) is 0 Å². The lowest BCUT2D eigenvalue weighted by atomic mass is 10.1. The molecule has 2 aliphatic rings. The van der Waals surface area contributed by atoms with Crippen molar-refractivity contribution in [2.75, 3.05) is 32.7 Å². The van der Waals surface area contributed by atoms with Crippen LogP contribution in [0.5, 0.6) is 0 Å². The zero-order valence-corrected chi connectivity index (χ0v) is 16.4. The van der Waals surface area contributed by atoms with Gasteiger partial charge in [-0.15, -0.1) is 0 Å². The van der Waals surface area contributed by atoms with Crippen molar-refractivity contribution in [2.45, 2.75) is 38.1 Å². The highest BCUT2D eigenvalue weighted by atomic mass is 15.3. The van der Waals surface area contributed by atoms with Gasteiger partial charge in [0.1, 0.15) is 5.82 Å². The summed E-state index contributed by atoms with van der Waals surface area (Å²) in [6, 6.07) is 13.9. The molecule has 1 saturated carbocycles.